The van der Waals surface area contributed by atoms with Gasteiger partial charge in [0.1, 0.15) is 29.8 Å². The molecular formula is C20H14F3NO2. The van der Waals surface area contributed by atoms with Gasteiger partial charge in [0.15, 0.2) is 0 Å². The molecule has 0 aromatic heterocycles. The minimum absolute atomic E-state index is 0.218. The van der Waals surface area contributed by atoms with E-state index in [4.69, 9.17) is 4.74 Å². The average molecular weight is 357 g/mol. The van der Waals surface area contributed by atoms with Crippen LogP contribution in [-0.4, -0.2) is 5.91 Å². The number of ether oxygens (including phenoxy) is 1. The van der Waals surface area contributed by atoms with Crippen molar-refractivity contribution in [2.45, 2.75) is 6.61 Å². The van der Waals surface area contributed by atoms with Gasteiger partial charge in [-0.05, 0) is 48.0 Å². The molecule has 0 unspecified atom stereocenters. The fraction of sp³-hybridized carbons (Fsp3) is 0.0500. The Hall–Kier alpha value is -3.28. The molecule has 0 fully saturated rings. The summed E-state index contributed by atoms with van der Waals surface area (Å²) in [5.74, 6) is -2.15. The monoisotopic (exact) mass is 357 g/mol. The zero-order valence-electron chi connectivity index (χ0n) is 13.5. The zero-order chi connectivity index (χ0) is 18.5. The van der Waals surface area contributed by atoms with Gasteiger partial charge in [-0.25, -0.2) is 13.2 Å². The number of amides is 1. The maximum Gasteiger partial charge on any atom is 0.258 e. The van der Waals surface area contributed by atoms with Crippen LogP contribution < -0.4 is 10.1 Å². The third-order valence-corrected chi connectivity index (χ3v) is 3.58. The predicted octanol–water partition coefficient (Wildman–Crippen LogP) is 4.94. The van der Waals surface area contributed by atoms with Crippen LogP contribution in [0.1, 0.15) is 15.9 Å². The lowest BCUT2D eigenvalue weighted by molar-refractivity contribution is 0.102. The summed E-state index contributed by atoms with van der Waals surface area (Å²) in [4.78, 5) is 12.1. The highest BCUT2D eigenvalue weighted by molar-refractivity contribution is 6.04. The van der Waals surface area contributed by atoms with E-state index in [-0.39, 0.29) is 18.0 Å². The SMILES string of the molecule is O=C(Nc1cccc(OCc2ccc(F)cc2)c1)c1cc(F)ccc1F. The minimum Gasteiger partial charge on any atom is -0.489 e. The average Bonchev–Trinajstić information content (AvgIpc) is 2.63. The van der Waals surface area contributed by atoms with E-state index < -0.39 is 17.5 Å². The van der Waals surface area contributed by atoms with E-state index in [1.807, 2.05) is 0 Å². The number of hydrogen-bond donors (Lipinski definition) is 1. The van der Waals surface area contributed by atoms with Crippen molar-refractivity contribution in [3.63, 3.8) is 0 Å². The highest BCUT2D eigenvalue weighted by Crippen LogP contribution is 2.20. The Morgan fingerprint density at radius 1 is 0.885 bits per heavy atom. The van der Waals surface area contributed by atoms with Gasteiger partial charge >= 0.3 is 0 Å². The topological polar surface area (TPSA) is 38.3 Å². The first-order valence-corrected chi connectivity index (χ1v) is 7.75. The van der Waals surface area contributed by atoms with Crippen molar-refractivity contribution in [3.05, 3.63) is 95.3 Å². The Morgan fingerprint density at radius 3 is 2.38 bits per heavy atom. The fourth-order valence-corrected chi connectivity index (χ4v) is 2.28. The van der Waals surface area contributed by atoms with Crippen LogP contribution in [0.25, 0.3) is 0 Å². The number of benzene rings is 3. The third kappa shape index (κ3) is 4.42. The maximum absolute atomic E-state index is 13.7. The van der Waals surface area contributed by atoms with Crippen LogP contribution in [0.3, 0.4) is 0 Å². The summed E-state index contributed by atoms with van der Waals surface area (Å²) < 4.78 is 45.3. The summed E-state index contributed by atoms with van der Waals surface area (Å²) in [5.41, 5.74) is 0.764. The Labute approximate surface area is 148 Å². The Balaban J connectivity index is 1.68. The fourth-order valence-electron chi connectivity index (χ4n) is 2.28. The molecule has 0 aliphatic heterocycles. The smallest absolute Gasteiger partial charge is 0.258 e. The van der Waals surface area contributed by atoms with Crippen LogP contribution >= 0.6 is 0 Å². The highest BCUT2D eigenvalue weighted by Gasteiger charge is 2.13. The molecule has 1 N–H and O–H groups in total. The molecule has 3 rings (SSSR count). The Bertz CT molecular complexity index is 927. The van der Waals surface area contributed by atoms with E-state index in [0.717, 1.165) is 23.8 Å². The lowest BCUT2D eigenvalue weighted by Gasteiger charge is -2.10. The molecule has 3 nitrogen and oxygen atoms in total. The summed E-state index contributed by atoms with van der Waals surface area (Å²) in [6, 6.07) is 15.0. The molecule has 0 heterocycles. The van der Waals surface area contributed by atoms with Crippen LogP contribution in [0, 0.1) is 17.5 Å². The number of rotatable bonds is 5. The Kier molecular flexibility index (Phi) is 5.22. The largest absolute Gasteiger partial charge is 0.489 e. The van der Waals surface area contributed by atoms with Gasteiger partial charge in [0.2, 0.25) is 0 Å². The van der Waals surface area contributed by atoms with Gasteiger partial charge in [0.05, 0.1) is 5.56 Å². The molecule has 0 atom stereocenters. The number of hydrogen-bond acceptors (Lipinski definition) is 2. The minimum atomic E-state index is -0.812. The van der Waals surface area contributed by atoms with Crippen molar-refractivity contribution in [1.29, 1.82) is 0 Å². The van der Waals surface area contributed by atoms with Gasteiger partial charge in [-0.15, -0.1) is 0 Å². The van der Waals surface area contributed by atoms with Crippen LogP contribution in [0.5, 0.6) is 5.75 Å². The predicted molar refractivity (Wildman–Crippen MR) is 91.5 cm³/mol. The van der Waals surface area contributed by atoms with Crippen molar-refractivity contribution >= 4 is 11.6 Å². The second-order valence-electron chi connectivity index (χ2n) is 5.52. The van der Waals surface area contributed by atoms with Gasteiger partial charge in [-0.1, -0.05) is 18.2 Å². The van der Waals surface area contributed by atoms with Crippen LogP contribution in [0.2, 0.25) is 0 Å². The molecule has 3 aromatic carbocycles. The third-order valence-electron chi connectivity index (χ3n) is 3.58. The standard InChI is InChI=1S/C20H14F3NO2/c21-14-6-4-13(5-7-14)12-26-17-3-1-2-16(11-17)24-20(25)18-10-15(22)8-9-19(18)23/h1-11H,12H2,(H,24,25). The number of halogens is 3. The van der Waals surface area contributed by atoms with Gasteiger partial charge in [0, 0.05) is 11.8 Å². The number of anilines is 1. The molecule has 0 aliphatic carbocycles. The van der Waals surface area contributed by atoms with Crippen LogP contribution in [0.15, 0.2) is 66.7 Å². The van der Waals surface area contributed by atoms with Gasteiger partial charge in [-0.3, -0.25) is 4.79 Å². The first-order chi connectivity index (χ1) is 12.5. The van der Waals surface area contributed by atoms with Gasteiger partial charge in [0.25, 0.3) is 5.91 Å². The normalized spacial score (nSPS) is 10.4. The van der Waals surface area contributed by atoms with E-state index in [1.54, 1.807) is 36.4 Å². The van der Waals surface area contributed by atoms with E-state index in [1.165, 1.54) is 12.1 Å². The van der Waals surface area contributed by atoms with Gasteiger partial charge in [-0.2, -0.15) is 0 Å². The lowest BCUT2D eigenvalue weighted by atomic mass is 10.2. The summed E-state index contributed by atoms with van der Waals surface area (Å²) >= 11 is 0. The van der Waals surface area contributed by atoms with Crippen molar-refractivity contribution in [2.75, 3.05) is 5.32 Å². The first kappa shape index (κ1) is 17.5. The molecule has 132 valence electrons. The van der Waals surface area contributed by atoms with Crippen molar-refractivity contribution in [3.8, 4) is 5.75 Å². The van der Waals surface area contributed by atoms with Crippen LogP contribution in [0.4, 0.5) is 18.9 Å². The van der Waals surface area contributed by atoms with Crippen molar-refractivity contribution in [2.24, 2.45) is 0 Å². The molecule has 0 spiro atoms. The zero-order valence-corrected chi connectivity index (χ0v) is 13.5. The molecule has 0 radical (unpaired) electrons. The van der Waals surface area contributed by atoms with E-state index in [9.17, 15) is 18.0 Å². The molecule has 0 saturated carbocycles. The molecular weight excluding hydrogens is 343 g/mol. The summed E-state index contributed by atoms with van der Waals surface area (Å²) in [5, 5.41) is 2.50. The maximum atomic E-state index is 13.7. The summed E-state index contributed by atoms with van der Waals surface area (Å²) in [6.45, 7) is 0.218. The number of carbonyl (C=O) groups excluding carboxylic acids is 1. The number of carbonyl (C=O) groups is 1. The van der Waals surface area contributed by atoms with E-state index in [2.05, 4.69) is 5.32 Å². The summed E-state index contributed by atoms with van der Waals surface area (Å²) in [6.07, 6.45) is 0. The first-order valence-electron chi connectivity index (χ1n) is 7.75. The quantitative estimate of drug-likeness (QED) is 0.703. The molecule has 6 heteroatoms. The molecule has 0 aliphatic rings. The summed E-state index contributed by atoms with van der Waals surface area (Å²) in [7, 11) is 0. The molecule has 3 aromatic rings. The molecule has 26 heavy (non-hydrogen) atoms. The second-order valence-corrected chi connectivity index (χ2v) is 5.52. The highest BCUT2D eigenvalue weighted by atomic mass is 19.1. The molecule has 1 amide bonds. The number of nitrogens with one attached hydrogen (secondary N) is 1. The Morgan fingerprint density at radius 2 is 1.62 bits per heavy atom. The molecule has 0 bridgehead atoms. The lowest BCUT2D eigenvalue weighted by Crippen LogP contribution is -2.14. The van der Waals surface area contributed by atoms with E-state index in [0.29, 0.717) is 11.4 Å². The van der Waals surface area contributed by atoms with E-state index >= 15 is 0 Å². The van der Waals surface area contributed by atoms with Crippen molar-refractivity contribution in [1.82, 2.24) is 0 Å². The van der Waals surface area contributed by atoms with Crippen LogP contribution in [-0.2, 0) is 6.61 Å². The van der Waals surface area contributed by atoms with Gasteiger partial charge < -0.3 is 10.1 Å². The second kappa shape index (κ2) is 7.74. The van der Waals surface area contributed by atoms with Crippen molar-refractivity contribution < 1.29 is 22.7 Å². The molecule has 0 saturated heterocycles.